The molecule has 1 fully saturated rings. The first kappa shape index (κ1) is 12.8. The fraction of sp³-hybridized carbons (Fsp3) is 0.438. The van der Waals surface area contributed by atoms with Gasteiger partial charge in [0.25, 0.3) is 0 Å². The molecule has 2 aromatic rings. The summed E-state index contributed by atoms with van der Waals surface area (Å²) in [5.74, 6) is 0. The second kappa shape index (κ2) is 5.06. The number of thiazole rings is 1. The van der Waals surface area contributed by atoms with Crippen LogP contribution in [0.3, 0.4) is 0 Å². The van der Waals surface area contributed by atoms with E-state index in [1.54, 1.807) is 0 Å². The number of hydrogen-bond donors (Lipinski definition) is 1. The minimum Gasteiger partial charge on any atom is -0.310 e. The van der Waals surface area contributed by atoms with Crippen molar-refractivity contribution in [2.45, 2.75) is 44.7 Å². The highest BCUT2D eigenvalue weighted by Crippen LogP contribution is 2.54. The van der Waals surface area contributed by atoms with E-state index in [0.29, 0.717) is 6.04 Å². The van der Waals surface area contributed by atoms with Crippen molar-refractivity contribution in [3.8, 4) is 0 Å². The zero-order valence-corrected chi connectivity index (χ0v) is 12.3. The van der Waals surface area contributed by atoms with Crippen LogP contribution < -0.4 is 5.32 Å². The molecule has 0 saturated heterocycles. The van der Waals surface area contributed by atoms with Gasteiger partial charge in [-0.1, -0.05) is 44.2 Å². The van der Waals surface area contributed by atoms with Crippen molar-refractivity contribution in [2.24, 2.45) is 0 Å². The fourth-order valence-corrected chi connectivity index (χ4v) is 3.56. The maximum absolute atomic E-state index is 4.68. The van der Waals surface area contributed by atoms with Crippen LogP contribution >= 0.6 is 11.3 Å². The SMILES string of the molecule is CC(C)NCc1cnc(C2(c3ccccc3)CC2)s1. The molecule has 0 unspecified atom stereocenters. The Morgan fingerprint density at radius 1 is 1.26 bits per heavy atom. The van der Waals surface area contributed by atoms with Crippen molar-refractivity contribution >= 4 is 11.3 Å². The van der Waals surface area contributed by atoms with Gasteiger partial charge in [-0.15, -0.1) is 11.3 Å². The topological polar surface area (TPSA) is 24.9 Å². The van der Waals surface area contributed by atoms with Crippen LogP contribution in [0.4, 0.5) is 0 Å². The number of benzene rings is 1. The van der Waals surface area contributed by atoms with Crippen molar-refractivity contribution in [2.75, 3.05) is 0 Å². The number of rotatable bonds is 5. The summed E-state index contributed by atoms with van der Waals surface area (Å²) < 4.78 is 0. The van der Waals surface area contributed by atoms with E-state index in [0.717, 1.165) is 6.54 Å². The van der Waals surface area contributed by atoms with Gasteiger partial charge in [-0.2, -0.15) is 0 Å². The first-order valence-electron chi connectivity index (χ1n) is 6.95. The van der Waals surface area contributed by atoms with Crippen LogP contribution in [0.2, 0.25) is 0 Å². The van der Waals surface area contributed by atoms with E-state index in [1.165, 1.54) is 28.3 Å². The van der Waals surface area contributed by atoms with Crippen molar-refractivity contribution < 1.29 is 0 Å². The third kappa shape index (κ3) is 2.58. The Labute approximate surface area is 118 Å². The molecular weight excluding hydrogens is 252 g/mol. The Bertz CT molecular complexity index is 541. The smallest absolute Gasteiger partial charge is 0.103 e. The molecule has 1 N–H and O–H groups in total. The summed E-state index contributed by atoms with van der Waals surface area (Å²) in [5.41, 5.74) is 1.65. The highest BCUT2D eigenvalue weighted by Gasteiger charge is 2.48. The number of nitrogens with zero attached hydrogens (tertiary/aromatic N) is 1. The second-order valence-electron chi connectivity index (χ2n) is 5.62. The van der Waals surface area contributed by atoms with E-state index < -0.39 is 0 Å². The second-order valence-corrected chi connectivity index (χ2v) is 6.73. The highest BCUT2D eigenvalue weighted by molar-refractivity contribution is 7.11. The van der Waals surface area contributed by atoms with Crippen LogP contribution in [-0.2, 0) is 12.0 Å². The molecule has 0 spiro atoms. The molecule has 1 aromatic heterocycles. The van der Waals surface area contributed by atoms with Gasteiger partial charge in [0.15, 0.2) is 0 Å². The van der Waals surface area contributed by atoms with Crippen molar-refractivity contribution in [1.82, 2.24) is 10.3 Å². The van der Waals surface area contributed by atoms with E-state index in [9.17, 15) is 0 Å². The zero-order chi connectivity index (χ0) is 13.3. The fourth-order valence-electron chi connectivity index (χ4n) is 2.42. The molecule has 100 valence electrons. The third-order valence-electron chi connectivity index (χ3n) is 3.72. The van der Waals surface area contributed by atoms with Crippen LogP contribution in [-0.4, -0.2) is 11.0 Å². The Kier molecular flexibility index (Phi) is 3.42. The average Bonchev–Trinajstić information content (AvgIpc) is 3.10. The Morgan fingerprint density at radius 2 is 2.00 bits per heavy atom. The van der Waals surface area contributed by atoms with Gasteiger partial charge >= 0.3 is 0 Å². The molecule has 3 rings (SSSR count). The Hall–Kier alpha value is -1.19. The standard InChI is InChI=1S/C16H20N2S/c1-12(2)17-10-14-11-18-15(19-14)16(8-9-16)13-6-4-3-5-7-13/h3-7,11-12,17H,8-10H2,1-2H3. The summed E-state index contributed by atoms with van der Waals surface area (Å²) in [4.78, 5) is 6.02. The number of aromatic nitrogens is 1. The van der Waals surface area contributed by atoms with Crippen LogP contribution in [0.25, 0.3) is 0 Å². The summed E-state index contributed by atoms with van der Waals surface area (Å²) in [5, 5.41) is 4.75. The lowest BCUT2D eigenvalue weighted by Crippen LogP contribution is -2.21. The lowest BCUT2D eigenvalue weighted by atomic mass is 9.97. The van der Waals surface area contributed by atoms with Gasteiger partial charge < -0.3 is 5.32 Å². The molecule has 0 amide bonds. The first-order valence-corrected chi connectivity index (χ1v) is 7.76. The average molecular weight is 272 g/mol. The largest absolute Gasteiger partial charge is 0.310 e. The van der Waals surface area contributed by atoms with Crippen molar-refractivity contribution in [3.05, 3.63) is 52.0 Å². The summed E-state index contributed by atoms with van der Waals surface area (Å²) in [6, 6.07) is 11.3. The summed E-state index contributed by atoms with van der Waals surface area (Å²) >= 11 is 1.87. The zero-order valence-electron chi connectivity index (χ0n) is 11.5. The van der Waals surface area contributed by atoms with Crippen LogP contribution in [0.15, 0.2) is 36.5 Å². The highest BCUT2D eigenvalue weighted by atomic mass is 32.1. The van der Waals surface area contributed by atoms with Gasteiger partial charge in [-0.3, -0.25) is 0 Å². The van der Waals surface area contributed by atoms with E-state index in [-0.39, 0.29) is 5.41 Å². The van der Waals surface area contributed by atoms with E-state index >= 15 is 0 Å². The molecule has 0 radical (unpaired) electrons. The minimum atomic E-state index is 0.224. The molecule has 0 aliphatic heterocycles. The van der Waals surface area contributed by atoms with Gasteiger partial charge in [0.05, 0.1) is 0 Å². The molecule has 2 nitrogen and oxygen atoms in total. The molecule has 0 bridgehead atoms. The molecule has 1 heterocycles. The molecule has 1 aliphatic rings. The van der Waals surface area contributed by atoms with E-state index in [2.05, 4.69) is 54.5 Å². The van der Waals surface area contributed by atoms with E-state index in [1.807, 2.05) is 17.5 Å². The monoisotopic (exact) mass is 272 g/mol. The summed E-state index contributed by atoms with van der Waals surface area (Å²) in [7, 11) is 0. The third-order valence-corrected chi connectivity index (χ3v) is 4.93. The first-order chi connectivity index (χ1) is 9.21. The maximum atomic E-state index is 4.68. The minimum absolute atomic E-state index is 0.224. The van der Waals surface area contributed by atoms with Gasteiger partial charge in [-0.05, 0) is 18.4 Å². The molecule has 3 heteroatoms. The lowest BCUT2D eigenvalue weighted by molar-refractivity contribution is 0.593. The molecule has 1 aromatic carbocycles. The lowest BCUT2D eigenvalue weighted by Gasteiger charge is -2.12. The quantitative estimate of drug-likeness (QED) is 0.897. The van der Waals surface area contributed by atoms with Crippen molar-refractivity contribution in [3.63, 3.8) is 0 Å². The van der Waals surface area contributed by atoms with Crippen LogP contribution in [0.5, 0.6) is 0 Å². The maximum Gasteiger partial charge on any atom is 0.103 e. The predicted octanol–water partition coefficient (Wildman–Crippen LogP) is 3.72. The molecule has 1 saturated carbocycles. The van der Waals surface area contributed by atoms with Crippen molar-refractivity contribution in [1.29, 1.82) is 0 Å². The van der Waals surface area contributed by atoms with Crippen LogP contribution in [0.1, 0.15) is 42.1 Å². The Morgan fingerprint density at radius 3 is 2.63 bits per heavy atom. The van der Waals surface area contributed by atoms with Gasteiger partial charge in [0.2, 0.25) is 0 Å². The van der Waals surface area contributed by atoms with Gasteiger partial charge in [-0.25, -0.2) is 4.98 Å². The number of nitrogens with one attached hydrogen (secondary N) is 1. The number of hydrogen-bond acceptors (Lipinski definition) is 3. The summed E-state index contributed by atoms with van der Waals surface area (Å²) in [6.45, 7) is 5.28. The molecule has 19 heavy (non-hydrogen) atoms. The van der Waals surface area contributed by atoms with Crippen LogP contribution in [0, 0.1) is 0 Å². The predicted molar refractivity (Wildman–Crippen MR) is 80.5 cm³/mol. The Balaban J connectivity index is 1.79. The summed E-state index contributed by atoms with van der Waals surface area (Å²) in [6.07, 6.45) is 4.52. The van der Waals surface area contributed by atoms with Gasteiger partial charge in [0.1, 0.15) is 5.01 Å². The van der Waals surface area contributed by atoms with Gasteiger partial charge in [0, 0.05) is 29.1 Å². The molecular formula is C16H20N2S. The normalized spacial score (nSPS) is 16.8. The molecule has 1 aliphatic carbocycles. The molecule has 0 atom stereocenters. The van der Waals surface area contributed by atoms with E-state index in [4.69, 9.17) is 0 Å².